The highest BCUT2D eigenvalue weighted by molar-refractivity contribution is 5.76. The Morgan fingerprint density at radius 2 is 2.00 bits per heavy atom. The molecular formula is C15H28N2O3. The molecule has 0 bridgehead atoms. The van der Waals surface area contributed by atoms with Crippen LogP contribution in [0.25, 0.3) is 0 Å². The molecule has 1 atom stereocenters. The van der Waals surface area contributed by atoms with Crippen LogP contribution in [0.5, 0.6) is 0 Å². The molecular weight excluding hydrogens is 256 g/mol. The van der Waals surface area contributed by atoms with E-state index in [2.05, 4.69) is 4.90 Å². The minimum atomic E-state index is -0.103. The highest BCUT2D eigenvalue weighted by Crippen LogP contribution is 2.18. The summed E-state index contributed by atoms with van der Waals surface area (Å²) in [6.45, 7) is 8.26. The van der Waals surface area contributed by atoms with Crippen molar-refractivity contribution in [2.75, 3.05) is 39.8 Å². The molecule has 0 radical (unpaired) electrons. The van der Waals surface area contributed by atoms with Crippen molar-refractivity contribution in [3.63, 3.8) is 0 Å². The van der Waals surface area contributed by atoms with Crippen molar-refractivity contribution in [1.29, 1.82) is 0 Å². The van der Waals surface area contributed by atoms with Crippen molar-refractivity contribution in [1.82, 2.24) is 9.80 Å². The van der Waals surface area contributed by atoms with Gasteiger partial charge in [0.05, 0.1) is 13.0 Å². The molecule has 0 saturated carbocycles. The molecule has 0 aromatic heterocycles. The van der Waals surface area contributed by atoms with E-state index >= 15 is 0 Å². The molecule has 1 saturated heterocycles. The van der Waals surface area contributed by atoms with Gasteiger partial charge in [0.15, 0.2) is 0 Å². The third kappa shape index (κ3) is 5.12. The minimum absolute atomic E-state index is 0.00670. The normalized spacial score (nSPS) is 19.6. The molecule has 1 rings (SSSR count). The third-order valence-electron chi connectivity index (χ3n) is 4.02. The first-order valence-corrected chi connectivity index (χ1v) is 7.70. The number of carbonyl (C=O) groups excluding carboxylic acids is 2. The van der Waals surface area contributed by atoms with Gasteiger partial charge in [0.25, 0.3) is 0 Å². The lowest BCUT2D eigenvalue weighted by Gasteiger charge is -2.31. The number of likely N-dealkylation sites (tertiary alicyclic amines) is 1. The van der Waals surface area contributed by atoms with E-state index in [1.807, 2.05) is 18.7 Å². The zero-order valence-corrected chi connectivity index (χ0v) is 13.1. The van der Waals surface area contributed by atoms with E-state index in [-0.39, 0.29) is 17.8 Å². The van der Waals surface area contributed by atoms with Gasteiger partial charge in [-0.25, -0.2) is 0 Å². The fourth-order valence-corrected chi connectivity index (χ4v) is 2.81. The second kappa shape index (κ2) is 8.95. The number of hydrogen-bond donors (Lipinski definition) is 0. The van der Waals surface area contributed by atoms with Crippen LogP contribution in [0.4, 0.5) is 0 Å². The van der Waals surface area contributed by atoms with Crippen LogP contribution in [-0.2, 0) is 14.3 Å². The Morgan fingerprint density at radius 3 is 2.60 bits per heavy atom. The molecule has 0 aromatic rings. The van der Waals surface area contributed by atoms with Crippen molar-refractivity contribution in [2.24, 2.45) is 5.92 Å². The summed E-state index contributed by atoms with van der Waals surface area (Å²) < 4.78 is 4.81. The number of nitrogens with zero attached hydrogens (tertiary/aromatic N) is 2. The zero-order valence-electron chi connectivity index (χ0n) is 13.1. The number of amides is 1. The summed E-state index contributed by atoms with van der Waals surface area (Å²) in [6.07, 6.45) is 3.41. The van der Waals surface area contributed by atoms with Gasteiger partial charge in [0.2, 0.25) is 5.91 Å². The van der Waals surface area contributed by atoms with E-state index in [0.717, 1.165) is 52.0 Å². The molecule has 5 nitrogen and oxygen atoms in total. The maximum Gasteiger partial charge on any atom is 0.309 e. The molecule has 0 N–H and O–H groups in total. The molecule has 5 heteroatoms. The summed E-state index contributed by atoms with van der Waals surface area (Å²) in [4.78, 5) is 27.6. The average Bonchev–Trinajstić information content (AvgIpc) is 2.48. The second-order valence-corrected chi connectivity index (χ2v) is 5.33. The summed E-state index contributed by atoms with van der Waals surface area (Å²) >= 11 is 0. The summed E-state index contributed by atoms with van der Waals surface area (Å²) in [6, 6.07) is 0. The van der Waals surface area contributed by atoms with Crippen LogP contribution in [0.1, 0.15) is 39.5 Å². The Kier molecular flexibility index (Phi) is 7.59. The first-order valence-electron chi connectivity index (χ1n) is 7.70. The number of methoxy groups -OCH3 is 1. The van der Waals surface area contributed by atoms with Gasteiger partial charge in [-0.05, 0) is 46.2 Å². The largest absolute Gasteiger partial charge is 0.469 e. The molecule has 1 unspecified atom stereocenters. The van der Waals surface area contributed by atoms with Crippen molar-refractivity contribution in [3.05, 3.63) is 0 Å². The number of rotatable bonds is 7. The molecule has 0 aliphatic carbocycles. The summed E-state index contributed by atoms with van der Waals surface area (Å²) in [5.74, 6) is 0.137. The van der Waals surface area contributed by atoms with Crippen molar-refractivity contribution in [3.8, 4) is 0 Å². The minimum Gasteiger partial charge on any atom is -0.469 e. The van der Waals surface area contributed by atoms with Crippen molar-refractivity contribution >= 4 is 11.9 Å². The Hall–Kier alpha value is -1.10. The van der Waals surface area contributed by atoms with Gasteiger partial charge in [-0.3, -0.25) is 9.59 Å². The third-order valence-corrected chi connectivity index (χ3v) is 4.02. The molecule has 1 fully saturated rings. The highest BCUT2D eigenvalue weighted by atomic mass is 16.5. The summed E-state index contributed by atoms with van der Waals surface area (Å²) in [5, 5.41) is 0. The standard InChI is InChI=1S/C15H28N2O3/c1-4-17(5-2)14(18)9-7-11-16-10-6-8-13(12-16)15(19)20-3/h13H,4-12H2,1-3H3. The van der Waals surface area contributed by atoms with Gasteiger partial charge < -0.3 is 14.5 Å². The monoisotopic (exact) mass is 284 g/mol. The van der Waals surface area contributed by atoms with Crippen LogP contribution in [0, 0.1) is 5.92 Å². The number of piperidine rings is 1. The maximum atomic E-state index is 11.9. The van der Waals surface area contributed by atoms with Gasteiger partial charge >= 0.3 is 5.97 Å². The maximum absolute atomic E-state index is 11.9. The number of carbonyl (C=O) groups is 2. The number of ether oxygens (including phenoxy) is 1. The Balaban J connectivity index is 2.28. The lowest BCUT2D eigenvalue weighted by molar-refractivity contribution is -0.147. The first-order chi connectivity index (χ1) is 9.62. The van der Waals surface area contributed by atoms with Crippen LogP contribution in [-0.4, -0.2) is 61.5 Å². The Labute approximate surface area is 122 Å². The number of hydrogen-bond acceptors (Lipinski definition) is 4. The molecule has 1 aliphatic heterocycles. The van der Waals surface area contributed by atoms with Crippen molar-refractivity contribution < 1.29 is 14.3 Å². The quantitative estimate of drug-likeness (QED) is 0.665. The lowest BCUT2D eigenvalue weighted by Crippen LogP contribution is -2.40. The molecule has 0 spiro atoms. The zero-order chi connectivity index (χ0) is 15.0. The van der Waals surface area contributed by atoms with E-state index in [1.54, 1.807) is 0 Å². The van der Waals surface area contributed by atoms with Crippen LogP contribution < -0.4 is 0 Å². The molecule has 0 aromatic carbocycles. The van der Waals surface area contributed by atoms with Gasteiger partial charge in [-0.2, -0.15) is 0 Å². The Morgan fingerprint density at radius 1 is 1.30 bits per heavy atom. The fraction of sp³-hybridized carbons (Fsp3) is 0.867. The lowest BCUT2D eigenvalue weighted by atomic mass is 9.98. The van der Waals surface area contributed by atoms with Crippen molar-refractivity contribution in [2.45, 2.75) is 39.5 Å². The Bertz CT molecular complexity index is 316. The molecule has 1 amide bonds. The van der Waals surface area contributed by atoms with Gasteiger partial charge in [0, 0.05) is 26.1 Å². The average molecular weight is 284 g/mol. The van der Waals surface area contributed by atoms with E-state index in [1.165, 1.54) is 7.11 Å². The highest BCUT2D eigenvalue weighted by Gasteiger charge is 2.26. The van der Waals surface area contributed by atoms with E-state index in [4.69, 9.17) is 4.74 Å². The molecule has 1 heterocycles. The van der Waals surface area contributed by atoms with Gasteiger partial charge in [-0.1, -0.05) is 0 Å². The summed E-state index contributed by atoms with van der Waals surface area (Å²) in [7, 11) is 1.45. The number of esters is 1. The molecule has 1 aliphatic rings. The molecule has 116 valence electrons. The fourth-order valence-electron chi connectivity index (χ4n) is 2.81. The predicted molar refractivity (Wildman–Crippen MR) is 78.3 cm³/mol. The van der Waals surface area contributed by atoms with Gasteiger partial charge in [-0.15, -0.1) is 0 Å². The first kappa shape index (κ1) is 17.0. The predicted octanol–water partition coefficient (Wildman–Crippen LogP) is 1.52. The van der Waals surface area contributed by atoms with E-state index < -0.39 is 0 Å². The van der Waals surface area contributed by atoms with Gasteiger partial charge in [0.1, 0.15) is 0 Å². The topological polar surface area (TPSA) is 49.9 Å². The molecule has 20 heavy (non-hydrogen) atoms. The van der Waals surface area contributed by atoms with E-state index in [9.17, 15) is 9.59 Å². The smallest absolute Gasteiger partial charge is 0.309 e. The van der Waals surface area contributed by atoms with Crippen LogP contribution in [0.15, 0.2) is 0 Å². The summed E-state index contributed by atoms with van der Waals surface area (Å²) in [5.41, 5.74) is 0. The SMILES string of the molecule is CCN(CC)C(=O)CCCN1CCCC(C(=O)OC)C1. The second-order valence-electron chi connectivity index (χ2n) is 5.33. The van der Waals surface area contributed by atoms with Crippen LogP contribution >= 0.6 is 0 Å². The van der Waals surface area contributed by atoms with Crippen LogP contribution in [0.2, 0.25) is 0 Å². The van der Waals surface area contributed by atoms with Crippen LogP contribution in [0.3, 0.4) is 0 Å². The van der Waals surface area contributed by atoms with E-state index in [0.29, 0.717) is 6.42 Å².